The number of aliphatic hydroxyl groups is 2. The van der Waals surface area contributed by atoms with Gasteiger partial charge in [0.15, 0.2) is 0 Å². The summed E-state index contributed by atoms with van der Waals surface area (Å²) in [6, 6.07) is 16.6. The molecular weight excluding hydrogens is 428 g/mol. The molecule has 0 radical (unpaired) electrons. The highest BCUT2D eigenvalue weighted by Crippen LogP contribution is 2.09. The SMILES string of the molecule is O=C(O)CCNC(=O)[C@H](Cc1ccccc1)NC(Cc1ccccc1)C(=O)OCC(O)CO. The van der Waals surface area contributed by atoms with Gasteiger partial charge in [-0.15, -0.1) is 0 Å². The first-order valence-electron chi connectivity index (χ1n) is 10.7. The number of rotatable bonds is 14. The maximum atomic E-state index is 12.9. The van der Waals surface area contributed by atoms with Crippen molar-refractivity contribution in [3.8, 4) is 0 Å². The van der Waals surface area contributed by atoms with E-state index in [-0.39, 0.29) is 32.4 Å². The fourth-order valence-corrected chi connectivity index (χ4v) is 3.13. The van der Waals surface area contributed by atoms with E-state index >= 15 is 0 Å². The van der Waals surface area contributed by atoms with Crippen LogP contribution in [0, 0.1) is 0 Å². The van der Waals surface area contributed by atoms with Crippen molar-refractivity contribution in [2.75, 3.05) is 19.8 Å². The summed E-state index contributed by atoms with van der Waals surface area (Å²) in [6.07, 6.45) is -0.941. The molecule has 2 rings (SSSR count). The number of hydrogen-bond donors (Lipinski definition) is 5. The second-order valence-corrected chi connectivity index (χ2v) is 7.55. The molecule has 0 heterocycles. The Kier molecular flexibility index (Phi) is 11.0. The number of aliphatic carboxylic acids is 1. The van der Waals surface area contributed by atoms with Crippen LogP contribution in [0.2, 0.25) is 0 Å². The Morgan fingerprint density at radius 2 is 1.42 bits per heavy atom. The number of carbonyl (C=O) groups excluding carboxylic acids is 2. The molecule has 5 N–H and O–H groups in total. The molecule has 9 heteroatoms. The van der Waals surface area contributed by atoms with Crippen molar-refractivity contribution >= 4 is 17.8 Å². The van der Waals surface area contributed by atoms with Gasteiger partial charge in [0, 0.05) is 6.54 Å². The van der Waals surface area contributed by atoms with Crippen LogP contribution in [0.15, 0.2) is 60.7 Å². The zero-order valence-electron chi connectivity index (χ0n) is 18.2. The van der Waals surface area contributed by atoms with Gasteiger partial charge < -0.3 is 25.4 Å². The van der Waals surface area contributed by atoms with Crippen molar-refractivity contribution in [1.29, 1.82) is 0 Å². The minimum absolute atomic E-state index is 0.0440. The lowest BCUT2D eigenvalue weighted by Gasteiger charge is -2.25. The van der Waals surface area contributed by atoms with Crippen LogP contribution in [0.3, 0.4) is 0 Å². The molecule has 178 valence electrons. The van der Waals surface area contributed by atoms with E-state index in [0.29, 0.717) is 0 Å². The first-order chi connectivity index (χ1) is 15.9. The van der Waals surface area contributed by atoms with Crippen LogP contribution in [0.1, 0.15) is 17.5 Å². The molecule has 0 aliphatic heterocycles. The number of carboxylic acid groups (broad SMARTS) is 1. The largest absolute Gasteiger partial charge is 0.481 e. The molecule has 0 aliphatic rings. The number of nitrogens with one attached hydrogen (secondary N) is 2. The van der Waals surface area contributed by atoms with E-state index in [0.717, 1.165) is 11.1 Å². The van der Waals surface area contributed by atoms with Gasteiger partial charge in [0.25, 0.3) is 0 Å². The summed E-state index contributed by atoms with van der Waals surface area (Å²) in [4.78, 5) is 36.5. The number of ether oxygens (including phenoxy) is 1. The molecule has 0 saturated carbocycles. The molecule has 2 aromatic rings. The van der Waals surface area contributed by atoms with Crippen molar-refractivity contribution in [3.63, 3.8) is 0 Å². The quantitative estimate of drug-likeness (QED) is 0.254. The second-order valence-electron chi connectivity index (χ2n) is 7.55. The predicted molar refractivity (Wildman–Crippen MR) is 120 cm³/mol. The molecule has 9 nitrogen and oxygen atoms in total. The van der Waals surface area contributed by atoms with Gasteiger partial charge >= 0.3 is 11.9 Å². The molecule has 0 spiro atoms. The molecule has 33 heavy (non-hydrogen) atoms. The number of benzene rings is 2. The lowest BCUT2D eigenvalue weighted by atomic mass is 10.0. The average molecular weight is 459 g/mol. The van der Waals surface area contributed by atoms with Gasteiger partial charge in [-0.2, -0.15) is 0 Å². The second kappa shape index (κ2) is 14.0. The topological polar surface area (TPSA) is 145 Å². The number of hydrogen-bond acceptors (Lipinski definition) is 7. The normalized spacial score (nSPS) is 13.5. The Morgan fingerprint density at radius 3 is 1.94 bits per heavy atom. The molecule has 1 amide bonds. The Bertz CT molecular complexity index is 877. The van der Waals surface area contributed by atoms with Crippen LogP contribution in [0.25, 0.3) is 0 Å². The van der Waals surface area contributed by atoms with Crippen molar-refractivity contribution in [3.05, 3.63) is 71.8 Å². The van der Waals surface area contributed by atoms with Crippen LogP contribution >= 0.6 is 0 Å². The van der Waals surface area contributed by atoms with E-state index in [4.69, 9.17) is 14.9 Å². The molecular formula is C24H30N2O7. The van der Waals surface area contributed by atoms with Gasteiger partial charge in [-0.25, -0.2) is 0 Å². The van der Waals surface area contributed by atoms with Crippen LogP contribution in [0.5, 0.6) is 0 Å². The summed E-state index contributed by atoms with van der Waals surface area (Å²) in [5.74, 6) is -2.15. The van der Waals surface area contributed by atoms with E-state index in [1.807, 2.05) is 60.7 Å². The smallest absolute Gasteiger partial charge is 0.323 e. The highest BCUT2D eigenvalue weighted by Gasteiger charge is 2.28. The highest BCUT2D eigenvalue weighted by molar-refractivity contribution is 5.84. The summed E-state index contributed by atoms with van der Waals surface area (Å²) in [5.41, 5.74) is 1.69. The third-order valence-electron chi connectivity index (χ3n) is 4.84. The molecule has 2 aromatic carbocycles. The Balaban J connectivity index is 2.19. The lowest BCUT2D eigenvalue weighted by Crippen LogP contribution is -2.53. The van der Waals surface area contributed by atoms with Crippen LogP contribution in [0.4, 0.5) is 0 Å². The van der Waals surface area contributed by atoms with E-state index in [2.05, 4.69) is 10.6 Å². The van der Waals surface area contributed by atoms with Crippen molar-refractivity contribution in [1.82, 2.24) is 10.6 Å². The number of esters is 1. The zero-order valence-corrected chi connectivity index (χ0v) is 18.2. The van der Waals surface area contributed by atoms with Crippen molar-refractivity contribution in [2.45, 2.75) is 37.5 Å². The molecule has 0 saturated heterocycles. The van der Waals surface area contributed by atoms with Crippen molar-refractivity contribution in [2.24, 2.45) is 0 Å². The summed E-state index contributed by atoms with van der Waals surface area (Å²) in [5, 5.41) is 33.0. The third kappa shape index (κ3) is 9.82. The summed E-state index contributed by atoms with van der Waals surface area (Å²) in [6.45, 7) is -0.971. The Morgan fingerprint density at radius 1 is 0.879 bits per heavy atom. The first kappa shape index (κ1) is 26.0. The van der Waals surface area contributed by atoms with Gasteiger partial charge in [0.1, 0.15) is 18.8 Å². The minimum Gasteiger partial charge on any atom is -0.481 e. The highest BCUT2D eigenvalue weighted by atomic mass is 16.5. The van der Waals surface area contributed by atoms with E-state index in [1.54, 1.807) is 0 Å². The maximum Gasteiger partial charge on any atom is 0.323 e. The summed E-state index contributed by atoms with van der Waals surface area (Å²) >= 11 is 0. The van der Waals surface area contributed by atoms with Gasteiger partial charge in [-0.3, -0.25) is 19.7 Å². The van der Waals surface area contributed by atoms with Gasteiger partial charge in [-0.05, 0) is 24.0 Å². The molecule has 0 bridgehead atoms. The zero-order chi connectivity index (χ0) is 24.1. The fraction of sp³-hybridized carbons (Fsp3) is 0.375. The predicted octanol–water partition coefficient (Wildman–Crippen LogP) is 0.286. The standard InChI is InChI=1S/C24H30N2O7/c27-15-19(28)16-33-24(32)21(14-18-9-5-2-6-10-18)26-20(13-17-7-3-1-4-8-17)23(31)25-12-11-22(29)30/h1-10,19-21,26-28H,11-16H2,(H,25,31)(H,29,30)/t19?,20-,21?/m0/s1. The van der Waals surface area contributed by atoms with Gasteiger partial charge in [-0.1, -0.05) is 60.7 Å². The molecule has 0 aromatic heterocycles. The van der Waals surface area contributed by atoms with Crippen molar-refractivity contribution < 1.29 is 34.4 Å². The molecule has 3 atom stereocenters. The molecule has 2 unspecified atom stereocenters. The number of aliphatic hydroxyl groups excluding tert-OH is 2. The third-order valence-corrected chi connectivity index (χ3v) is 4.84. The van der Waals surface area contributed by atoms with E-state index in [1.165, 1.54) is 0 Å². The lowest BCUT2D eigenvalue weighted by molar-refractivity contribution is -0.150. The Hall–Kier alpha value is -3.27. The van der Waals surface area contributed by atoms with Crippen LogP contribution in [-0.2, 0) is 32.0 Å². The summed E-state index contributed by atoms with van der Waals surface area (Å²) < 4.78 is 5.15. The maximum absolute atomic E-state index is 12.9. The van der Waals surface area contributed by atoms with Gasteiger partial charge in [0.05, 0.1) is 19.1 Å². The first-order valence-corrected chi connectivity index (χ1v) is 10.7. The molecule has 0 fully saturated rings. The monoisotopic (exact) mass is 458 g/mol. The molecule has 0 aliphatic carbocycles. The minimum atomic E-state index is -1.20. The number of carboxylic acids is 1. The van der Waals surface area contributed by atoms with E-state index in [9.17, 15) is 19.5 Å². The average Bonchev–Trinajstić information content (AvgIpc) is 2.82. The van der Waals surface area contributed by atoms with Crippen LogP contribution in [-0.4, -0.2) is 71.1 Å². The fourth-order valence-electron chi connectivity index (χ4n) is 3.13. The van der Waals surface area contributed by atoms with Crippen LogP contribution < -0.4 is 10.6 Å². The number of carbonyl (C=O) groups is 3. The number of amides is 1. The Labute approximate surface area is 192 Å². The summed E-state index contributed by atoms with van der Waals surface area (Å²) in [7, 11) is 0. The van der Waals surface area contributed by atoms with E-state index < -0.39 is 42.6 Å². The van der Waals surface area contributed by atoms with Gasteiger partial charge in [0.2, 0.25) is 5.91 Å².